The molecule has 0 aliphatic carbocycles. The van der Waals surface area contributed by atoms with E-state index < -0.39 is 35.4 Å². The molecule has 0 saturated carbocycles. The Hall–Kier alpha value is -10.3. The van der Waals surface area contributed by atoms with Crippen molar-refractivity contribution in [1.29, 1.82) is 15.8 Å². The number of imidazole rings is 3. The van der Waals surface area contributed by atoms with Crippen LogP contribution in [-0.2, 0) is 14.4 Å². The number of carbonyl (C=O) groups is 3. The quantitative estimate of drug-likeness (QED) is 0.0637. The molecule has 0 unspecified atom stereocenters. The molecule has 10 aromatic rings. The fraction of sp³-hybridized carbons (Fsp3) is 0. The lowest BCUT2D eigenvalue weighted by Crippen LogP contribution is -2.04. The van der Waals surface area contributed by atoms with Gasteiger partial charge in [-0.05, 0) is 109 Å². The molecule has 15 nitrogen and oxygen atoms in total. The van der Waals surface area contributed by atoms with Gasteiger partial charge in [0.1, 0.15) is 85.3 Å². The van der Waals surface area contributed by atoms with Gasteiger partial charge in [0.2, 0.25) is 0 Å². The van der Waals surface area contributed by atoms with Crippen LogP contribution in [0.5, 0.6) is 17.2 Å². The van der Waals surface area contributed by atoms with Crippen LogP contribution in [0.3, 0.4) is 0 Å². The van der Waals surface area contributed by atoms with Crippen molar-refractivity contribution in [2.45, 2.75) is 0 Å². The Labute approximate surface area is 452 Å². The highest BCUT2D eigenvalue weighted by Crippen LogP contribution is 2.47. The number of esters is 3. The summed E-state index contributed by atoms with van der Waals surface area (Å²) in [5.41, 5.74) is -0.959. The Kier molecular flexibility index (Phi) is 13.4. The van der Waals surface area contributed by atoms with Crippen LogP contribution in [0, 0.1) is 51.4 Å². The van der Waals surface area contributed by atoms with Gasteiger partial charge in [0.05, 0.1) is 66.7 Å². The molecular weight excluding hydrogens is 1070 g/mol. The molecule has 0 N–H and O–H groups in total. The Morgan fingerprint density at radius 1 is 0.449 bits per heavy atom. The maximum Gasteiger partial charge on any atom is 0.335 e. The number of aromatic nitrogens is 6. The van der Waals surface area contributed by atoms with E-state index in [0.29, 0.717) is 0 Å². The normalized spacial score (nSPS) is 11.0. The van der Waals surface area contributed by atoms with E-state index >= 15 is 13.2 Å². The van der Waals surface area contributed by atoms with Crippen molar-refractivity contribution in [2.24, 2.45) is 0 Å². The zero-order chi connectivity index (χ0) is 55.3. The first kappa shape index (κ1) is 51.2. The zero-order valence-corrected chi connectivity index (χ0v) is 41.8. The first-order chi connectivity index (χ1) is 37.6. The van der Waals surface area contributed by atoms with Gasteiger partial charge in [0.15, 0.2) is 0 Å². The van der Waals surface area contributed by atoms with Crippen molar-refractivity contribution in [3.05, 3.63) is 196 Å². The van der Waals surface area contributed by atoms with Gasteiger partial charge in [-0.25, -0.2) is 42.5 Å². The van der Waals surface area contributed by atoms with Crippen LogP contribution in [-0.4, -0.2) is 46.6 Å². The van der Waals surface area contributed by atoms with E-state index in [2.05, 4.69) is 19.7 Å². The Morgan fingerprint density at radius 3 is 0.897 bits per heavy atom. The maximum atomic E-state index is 16.9. The second kappa shape index (κ2) is 20.4. The summed E-state index contributed by atoms with van der Waals surface area (Å²) < 4.78 is 71.3. The number of rotatable bonds is 12. The summed E-state index contributed by atoms with van der Waals surface area (Å²) in [6.45, 7) is 10.4. The molecular formula is C57H27Cl3F3N9O6. The van der Waals surface area contributed by atoms with Gasteiger partial charge < -0.3 is 14.2 Å². The number of ether oxygens (including phenoxy) is 3. The first-order valence-corrected chi connectivity index (χ1v) is 23.6. The third kappa shape index (κ3) is 8.91. The Bertz CT molecular complexity index is 3870. The largest absolute Gasteiger partial charge is 0.423 e. The molecule has 0 bridgehead atoms. The Balaban J connectivity index is 1.49. The van der Waals surface area contributed by atoms with Gasteiger partial charge in [-0.2, -0.15) is 15.8 Å². The SMILES string of the molecule is C=CC(=O)Oc1ccc(-n2c(-c3c(F)cc(C#N)cc3Cl)nc3c2c2nc(-c4c(F)cc(C#N)cc4Cl)n(-c4ccc(OC(=O)C=C)cc4)c2c2nc(-c4c(F)cc(C#N)cc4Cl)n(-c4ccc(OC(=O)C=C)cc4)c32)cc1. The standard InChI is InChI=1S/C57H27Cl3F3N9O6/c1-4-43(73)76-34-13-7-31(8-14-34)70-52-49(67-55(70)46-37(58)19-28(25-64)22-40(46)61)53-51(69-57(48-39(60)21-30(27-66)24-42(48)63)71(53)32-9-15-35(16-10-32)77-44(74)5-2)54-50(52)68-56(47-38(59)20-29(26-65)23-41(47)62)72(54)33-11-17-36(18-12-33)78-45(75)6-3/h4-24H,1-3H2. The molecule has 0 aliphatic rings. The third-order valence-corrected chi connectivity index (χ3v) is 12.8. The summed E-state index contributed by atoms with van der Waals surface area (Å²) in [6, 6.07) is 29.7. The molecule has 0 saturated heterocycles. The van der Waals surface area contributed by atoms with Gasteiger partial charge in [-0.3, -0.25) is 13.7 Å². The molecule has 21 heteroatoms. The summed E-state index contributed by atoms with van der Waals surface area (Å²) in [5.74, 6) is -5.81. The van der Waals surface area contributed by atoms with Crippen LogP contribution in [0.25, 0.3) is 84.3 Å². The molecule has 0 fully saturated rings. The topological polar surface area (TPSA) is 204 Å². The average molecular weight is 1100 g/mol. The van der Waals surface area contributed by atoms with Crippen LogP contribution in [0.2, 0.25) is 15.1 Å². The second-order valence-corrected chi connectivity index (χ2v) is 17.8. The number of benzene rings is 7. The lowest BCUT2D eigenvalue weighted by molar-refractivity contribution is -0.129. The highest BCUT2D eigenvalue weighted by atomic mass is 35.5. The van der Waals surface area contributed by atoms with Crippen molar-refractivity contribution in [2.75, 3.05) is 0 Å². The molecule has 0 radical (unpaired) electrons. The van der Waals surface area contributed by atoms with Crippen molar-refractivity contribution < 1.29 is 41.8 Å². The minimum Gasteiger partial charge on any atom is -0.423 e. The van der Waals surface area contributed by atoms with Crippen LogP contribution in [0.15, 0.2) is 147 Å². The van der Waals surface area contributed by atoms with E-state index in [9.17, 15) is 30.2 Å². The van der Waals surface area contributed by atoms with Gasteiger partial charge in [0, 0.05) is 35.3 Å². The number of hydrogen-bond donors (Lipinski definition) is 0. The molecule has 7 aromatic carbocycles. The number of halogens is 6. The van der Waals surface area contributed by atoms with E-state index in [1.807, 2.05) is 18.2 Å². The highest BCUT2D eigenvalue weighted by Gasteiger charge is 2.34. The monoisotopic (exact) mass is 1100 g/mol. The van der Waals surface area contributed by atoms with Gasteiger partial charge in [0.25, 0.3) is 0 Å². The molecule has 378 valence electrons. The van der Waals surface area contributed by atoms with Crippen LogP contribution < -0.4 is 14.2 Å². The summed E-state index contributed by atoms with van der Waals surface area (Å²) in [5, 5.41) is 28.7. The number of fused-ring (bicyclic) bond motifs is 6. The van der Waals surface area contributed by atoms with Crippen LogP contribution in [0.4, 0.5) is 13.2 Å². The van der Waals surface area contributed by atoms with Gasteiger partial charge in [-0.15, -0.1) is 0 Å². The molecule has 78 heavy (non-hydrogen) atoms. The van der Waals surface area contributed by atoms with Crippen molar-refractivity contribution in [3.8, 4) is 86.7 Å². The average Bonchev–Trinajstić information content (AvgIpc) is 4.34. The smallest absolute Gasteiger partial charge is 0.335 e. The number of hydrogen-bond acceptors (Lipinski definition) is 12. The zero-order valence-electron chi connectivity index (χ0n) is 39.5. The van der Waals surface area contributed by atoms with E-state index in [1.54, 1.807) is 0 Å². The van der Waals surface area contributed by atoms with Crippen molar-refractivity contribution in [3.63, 3.8) is 0 Å². The van der Waals surface area contributed by atoms with Gasteiger partial charge >= 0.3 is 17.9 Å². The van der Waals surface area contributed by atoms with E-state index in [-0.39, 0.29) is 133 Å². The summed E-state index contributed by atoms with van der Waals surface area (Å²) in [6.07, 6.45) is 2.88. The Morgan fingerprint density at radius 2 is 0.692 bits per heavy atom. The molecule has 0 amide bonds. The fourth-order valence-electron chi connectivity index (χ4n) is 8.69. The minimum absolute atomic E-state index is 0.0144. The fourth-order valence-corrected chi connectivity index (χ4v) is 9.56. The lowest BCUT2D eigenvalue weighted by Gasteiger charge is -2.14. The van der Waals surface area contributed by atoms with E-state index in [1.165, 1.54) is 105 Å². The molecule has 0 spiro atoms. The highest BCUT2D eigenvalue weighted by molar-refractivity contribution is 6.35. The summed E-state index contributed by atoms with van der Waals surface area (Å²) in [4.78, 5) is 52.4. The predicted octanol–water partition coefficient (Wildman–Crippen LogP) is 13.0. The second-order valence-electron chi connectivity index (χ2n) is 16.5. The van der Waals surface area contributed by atoms with Crippen LogP contribution in [0.1, 0.15) is 16.7 Å². The van der Waals surface area contributed by atoms with E-state index in [4.69, 9.17) is 64.0 Å². The maximum absolute atomic E-state index is 16.9. The molecule has 3 aromatic heterocycles. The molecule has 10 rings (SSSR count). The third-order valence-electron chi connectivity index (χ3n) is 11.9. The van der Waals surface area contributed by atoms with E-state index in [0.717, 1.165) is 36.4 Å². The minimum atomic E-state index is -1.00. The predicted molar refractivity (Wildman–Crippen MR) is 283 cm³/mol. The molecule has 3 heterocycles. The summed E-state index contributed by atoms with van der Waals surface area (Å²) in [7, 11) is 0. The van der Waals surface area contributed by atoms with Crippen LogP contribution >= 0.6 is 34.8 Å². The molecule has 0 atom stereocenters. The van der Waals surface area contributed by atoms with Crippen molar-refractivity contribution in [1.82, 2.24) is 28.7 Å². The number of nitrogens with zero attached hydrogens (tertiary/aromatic N) is 9. The molecule has 0 aliphatic heterocycles. The number of carbonyl (C=O) groups excluding carboxylic acids is 3. The summed E-state index contributed by atoms with van der Waals surface area (Å²) >= 11 is 20.8. The lowest BCUT2D eigenvalue weighted by atomic mass is 10.1. The number of nitriles is 3. The van der Waals surface area contributed by atoms with Crippen molar-refractivity contribution >= 4 is 85.8 Å². The first-order valence-electron chi connectivity index (χ1n) is 22.5. The van der Waals surface area contributed by atoms with Gasteiger partial charge in [-0.1, -0.05) is 54.5 Å².